The number of unbranched alkanes of at least 4 members (excludes halogenated alkanes) is 2. The number of carbonyl (C=O) groups excluding carboxylic acids is 5. The monoisotopic (exact) mass is 1080 g/mol. The van der Waals surface area contributed by atoms with Gasteiger partial charge in [-0.3, -0.25) is 24.0 Å². The van der Waals surface area contributed by atoms with Crippen LogP contribution in [0.5, 0.6) is 11.5 Å². The highest BCUT2D eigenvalue weighted by Gasteiger charge is 2.45. The van der Waals surface area contributed by atoms with Crippen LogP contribution in [0.1, 0.15) is 119 Å². The number of amides is 4. The first-order chi connectivity index (χ1) is 36.9. The molecule has 3 aromatic heterocycles. The maximum Gasteiger partial charge on any atom is 0.343 e. The van der Waals surface area contributed by atoms with E-state index in [9.17, 15) is 42.3 Å². The summed E-state index contributed by atoms with van der Waals surface area (Å²) in [4.78, 5) is 95.3. The number of ether oxygens (including phenoxy) is 4. The van der Waals surface area contributed by atoms with Gasteiger partial charge in [0.05, 0.1) is 41.1 Å². The molecule has 1 fully saturated rings. The minimum atomic E-state index is -3.54. The summed E-state index contributed by atoms with van der Waals surface area (Å²) in [5.41, 5.74) is 1.87. The molecule has 0 radical (unpaired) electrons. The first-order valence-electron chi connectivity index (χ1n) is 26.3. The Labute approximate surface area is 446 Å². The smallest absolute Gasteiger partial charge is 0.343 e. The third-order valence-electron chi connectivity index (χ3n) is 14.3. The number of aliphatic hydroxyl groups is 1. The van der Waals surface area contributed by atoms with Crippen molar-refractivity contribution in [1.29, 1.82) is 0 Å². The van der Waals surface area contributed by atoms with Crippen LogP contribution in [0.2, 0.25) is 0 Å². The minimum Gasteiger partial charge on any atom is -0.458 e. The van der Waals surface area contributed by atoms with Gasteiger partial charge in [-0.05, 0) is 101 Å². The van der Waals surface area contributed by atoms with Gasteiger partial charge in [0.25, 0.3) is 5.56 Å². The zero-order chi connectivity index (χ0) is 54.9. The molecule has 1 aromatic carbocycles. The molecule has 4 aromatic rings. The molecule has 1 saturated heterocycles. The van der Waals surface area contributed by atoms with Gasteiger partial charge >= 0.3 is 5.97 Å². The average molecular weight is 1080 g/mol. The predicted octanol–water partition coefficient (Wildman–Crippen LogP) is 2.64. The molecule has 0 bridgehead atoms. The van der Waals surface area contributed by atoms with Crippen molar-refractivity contribution in [3.63, 3.8) is 0 Å². The third kappa shape index (κ3) is 13.4. The van der Waals surface area contributed by atoms with Crippen LogP contribution >= 0.6 is 0 Å². The second-order valence-corrected chi connectivity index (χ2v) is 22.1. The Kier molecular flexibility index (Phi) is 18.2. The fourth-order valence-corrected chi connectivity index (χ4v) is 10.5. The van der Waals surface area contributed by atoms with Crippen molar-refractivity contribution in [3.8, 4) is 34.7 Å². The van der Waals surface area contributed by atoms with E-state index in [0.29, 0.717) is 72.5 Å². The molecule has 22 nitrogen and oxygen atoms in total. The van der Waals surface area contributed by atoms with Crippen molar-refractivity contribution in [2.75, 3.05) is 52.6 Å². The second kappa shape index (κ2) is 25.0. The number of nitrogens with zero attached hydrogens (tertiary/aromatic N) is 5. The lowest BCUT2D eigenvalue weighted by molar-refractivity contribution is -0.172. The summed E-state index contributed by atoms with van der Waals surface area (Å²) in [6.07, 6.45) is 10.8. The maximum absolute atomic E-state index is 13.9. The fraction of sp³-hybridized carbons (Fsp3) is 0.537. The van der Waals surface area contributed by atoms with Gasteiger partial charge in [0.1, 0.15) is 25.4 Å². The number of cyclic esters (lactones) is 1. The van der Waals surface area contributed by atoms with E-state index in [0.717, 1.165) is 61.7 Å². The van der Waals surface area contributed by atoms with Gasteiger partial charge in [0.2, 0.25) is 45.4 Å². The largest absolute Gasteiger partial charge is 0.458 e. The zero-order valence-electron chi connectivity index (χ0n) is 44.0. The highest BCUT2D eigenvalue weighted by Crippen LogP contribution is 2.43. The van der Waals surface area contributed by atoms with Crippen LogP contribution in [0.15, 0.2) is 40.5 Å². The summed E-state index contributed by atoms with van der Waals surface area (Å²) in [6, 6.07) is 3.42. The molecule has 8 rings (SSSR count). The number of likely N-dealkylation sites (tertiary alicyclic amines) is 1. The number of pyridine rings is 2. The molecule has 412 valence electrons. The van der Waals surface area contributed by atoms with Gasteiger partial charge < -0.3 is 54.8 Å². The summed E-state index contributed by atoms with van der Waals surface area (Å²) >= 11 is 0. The molecule has 4 aliphatic heterocycles. The lowest BCUT2D eigenvalue weighted by Crippen LogP contribution is -2.56. The van der Waals surface area contributed by atoms with Crippen molar-refractivity contribution < 1.29 is 56.4 Å². The van der Waals surface area contributed by atoms with E-state index in [1.165, 1.54) is 18.8 Å². The molecule has 5 N–H and O–H groups in total. The van der Waals surface area contributed by atoms with Crippen molar-refractivity contribution in [2.45, 2.75) is 134 Å². The molecule has 3 atom stereocenters. The van der Waals surface area contributed by atoms with E-state index in [4.69, 9.17) is 23.9 Å². The van der Waals surface area contributed by atoms with Gasteiger partial charge in [-0.25, -0.2) is 28.2 Å². The van der Waals surface area contributed by atoms with Gasteiger partial charge in [0.15, 0.2) is 17.1 Å². The second-order valence-electron chi connectivity index (χ2n) is 20.1. The minimum absolute atomic E-state index is 0.0167. The number of aromatic nitrogens is 4. The predicted molar refractivity (Wildman–Crippen MR) is 280 cm³/mol. The number of benzene rings is 1. The Bertz CT molecular complexity index is 3130. The lowest BCUT2D eigenvalue weighted by atomic mass is 9.86. The van der Waals surface area contributed by atoms with Crippen molar-refractivity contribution >= 4 is 50.3 Å². The number of esters is 1. The van der Waals surface area contributed by atoms with E-state index in [-0.39, 0.29) is 86.3 Å². The zero-order valence-corrected chi connectivity index (χ0v) is 44.8. The van der Waals surface area contributed by atoms with Crippen molar-refractivity contribution in [3.05, 3.63) is 68.8 Å². The summed E-state index contributed by atoms with van der Waals surface area (Å²) < 4.78 is 47.3. The highest BCUT2D eigenvalue weighted by molar-refractivity contribution is 7.90. The summed E-state index contributed by atoms with van der Waals surface area (Å²) in [7, 11) is -3.54. The van der Waals surface area contributed by atoms with Gasteiger partial charge in [0, 0.05) is 60.7 Å². The standard InChI is InChI=1S/C54H67N9O13S/c1-5-54(70)39-24-42-48-37(29-63(42)51(68)38(39)30-74-52(54)69)35(36-23-43-44(76-32-75-43)25-41(36)59-48)16-14-22-73-31-58-46(65)28-55-49(66)40(17-10-13-21-62-19-11-7-12-20-62)60-50(67)47(33(2)3)61-45(64)18-9-6-8-15-34-26-56-53(57-27-34)77(4,71)72/h23-27,33,40,47,70H,5-7,9-14,16-22,28-32H2,1-4H3,(H,55,66)(H,58,65)(H,60,67)(H,61,64)/t40-,47-,54-/m0/s1. The number of rotatable bonds is 23. The van der Waals surface area contributed by atoms with Crippen molar-refractivity contribution in [2.24, 2.45) is 5.92 Å². The van der Waals surface area contributed by atoms with Crippen LogP contribution in [0.25, 0.3) is 22.3 Å². The molecule has 0 saturated carbocycles. The maximum atomic E-state index is 13.9. The Hall–Kier alpha value is -7.00. The Morgan fingerprint density at radius 1 is 0.909 bits per heavy atom. The van der Waals surface area contributed by atoms with Crippen LogP contribution in [-0.4, -0.2) is 132 Å². The average Bonchev–Trinajstić information content (AvgIpc) is 4.12. The number of sulfone groups is 1. The van der Waals surface area contributed by atoms with Gasteiger partial charge in [-0.2, -0.15) is 0 Å². The molecular formula is C54H67N9O13S. The molecular weight excluding hydrogens is 1010 g/mol. The van der Waals surface area contributed by atoms with E-state index < -0.39 is 51.2 Å². The highest BCUT2D eigenvalue weighted by atomic mass is 32.2. The van der Waals surface area contributed by atoms with Gasteiger partial charge in [-0.1, -0.05) is 39.0 Å². The first kappa shape index (κ1) is 56.2. The summed E-state index contributed by atoms with van der Waals surface area (Å²) in [5, 5.41) is 22.9. The molecule has 4 aliphatic rings. The Morgan fingerprint density at radius 3 is 2.39 bits per heavy atom. The quantitative estimate of drug-likeness (QED) is 0.0207. The number of aryl methyl sites for hydroxylation is 1. The van der Waals surface area contributed by atoms with Crippen LogP contribution < -0.4 is 36.3 Å². The molecule has 0 spiro atoms. The topological polar surface area (TPSA) is 289 Å². The summed E-state index contributed by atoms with van der Waals surface area (Å²) in [6.45, 7) is 7.90. The van der Waals surface area contributed by atoms with Crippen molar-refractivity contribution in [1.82, 2.24) is 45.7 Å². The number of hydrogen-bond acceptors (Lipinski definition) is 17. The molecule has 4 amide bonds. The third-order valence-corrected chi connectivity index (χ3v) is 15.1. The number of hydrogen-bond donors (Lipinski definition) is 5. The fourth-order valence-electron chi connectivity index (χ4n) is 10.00. The molecule has 0 aliphatic carbocycles. The van der Waals surface area contributed by atoms with E-state index >= 15 is 0 Å². The Morgan fingerprint density at radius 2 is 1.66 bits per heavy atom. The lowest BCUT2D eigenvalue weighted by Gasteiger charge is -2.31. The Balaban J connectivity index is 0.836. The number of fused-ring (bicyclic) bond motifs is 6. The molecule has 23 heteroatoms. The summed E-state index contributed by atoms with van der Waals surface area (Å²) in [5.74, 6) is 3.81. The number of nitrogens with one attached hydrogen (secondary N) is 4. The SMILES string of the molecule is CC[C@@]1(O)C(=O)OCc2c1cc1n(c2=O)Cc2c-1nc1cc3c(cc1c2CCCOCNC(=O)CNC(=O)[C@H](CCCCN1CCCCC1)NC(=O)[C@@H](NC(=O)CCCC#Cc1cnc(S(C)(=O)=O)nc1)C(C)C)OCO3. The van der Waals surface area contributed by atoms with E-state index in [1.807, 2.05) is 6.07 Å². The molecule has 77 heavy (non-hydrogen) atoms. The number of carbonyl (C=O) groups is 5. The van der Waals surface area contributed by atoms with E-state index in [1.54, 1.807) is 37.5 Å². The van der Waals surface area contributed by atoms with Crippen LogP contribution in [0.3, 0.4) is 0 Å². The van der Waals surface area contributed by atoms with Crippen LogP contribution in [0.4, 0.5) is 0 Å². The van der Waals surface area contributed by atoms with Crippen LogP contribution in [-0.2, 0) is 68.5 Å². The van der Waals surface area contributed by atoms with Gasteiger partial charge in [-0.15, -0.1) is 0 Å². The van der Waals surface area contributed by atoms with Crippen LogP contribution in [0, 0.1) is 17.8 Å². The molecule has 0 unspecified atom stereocenters. The first-order valence-corrected chi connectivity index (χ1v) is 28.2. The molecule has 7 heterocycles. The normalized spacial score (nSPS) is 17.3. The number of piperidine rings is 1. The van der Waals surface area contributed by atoms with E-state index in [2.05, 4.69) is 48.0 Å².